The highest BCUT2D eigenvalue weighted by molar-refractivity contribution is 6.05. The van der Waals surface area contributed by atoms with Gasteiger partial charge in [-0.1, -0.05) is 55.3 Å². The predicted octanol–water partition coefficient (Wildman–Crippen LogP) is 4.86. The van der Waals surface area contributed by atoms with Gasteiger partial charge in [-0.25, -0.2) is 4.79 Å². The maximum absolute atomic E-state index is 13.2. The van der Waals surface area contributed by atoms with Crippen LogP contribution < -0.4 is 11.2 Å². The Morgan fingerprint density at radius 1 is 0.946 bits per heavy atom. The van der Waals surface area contributed by atoms with Crippen molar-refractivity contribution in [2.75, 3.05) is 0 Å². The molecule has 1 unspecified atom stereocenters. The number of rotatable bonds is 5. The van der Waals surface area contributed by atoms with Crippen LogP contribution in [0.3, 0.4) is 0 Å². The summed E-state index contributed by atoms with van der Waals surface area (Å²) in [5, 5.41) is 0.873. The third-order valence-electron chi connectivity index (χ3n) is 7.57. The molecule has 2 aromatic carbocycles. The van der Waals surface area contributed by atoms with Gasteiger partial charge in [0, 0.05) is 26.0 Å². The molecule has 1 aliphatic rings. The molecular formula is C30H35N3O4. The molecule has 1 fully saturated rings. The van der Waals surface area contributed by atoms with Crippen LogP contribution in [0, 0.1) is 5.92 Å². The second kappa shape index (κ2) is 9.36. The molecule has 0 spiro atoms. The zero-order valence-corrected chi connectivity index (χ0v) is 22.3. The van der Waals surface area contributed by atoms with E-state index in [0.717, 1.165) is 52.3 Å². The number of carbonyl (C=O) groups excluding carboxylic acids is 1. The average molecular weight is 502 g/mol. The number of aromatic nitrogens is 3. The van der Waals surface area contributed by atoms with Crippen molar-refractivity contribution in [1.82, 2.24) is 13.7 Å². The zero-order chi connectivity index (χ0) is 26.5. The number of fused-ring (bicyclic) bond motifs is 3. The summed E-state index contributed by atoms with van der Waals surface area (Å²) in [5.41, 5.74) is 2.86. The van der Waals surface area contributed by atoms with Crippen molar-refractivity contribution in [1.29, 1.82) is 0 Å². The number of nitrogens with zero attached hydrogens (tertiary/aromatic N) is 3. The predicted molar refractivity (Wildman–Crippen MR) is 146 cm³/mol. The van der Waals surface area contributed by atoms with Gasteiger partial charge in [0.25, 0.3) is 5.56 Å². The fourth-order valence-electron chi connectivity index (χ4n) is 5.84. The Kier molecular flexibility index (Phi) is 6.34. The normalized spacial score (nSPS) is 15.5. The first-order chi connectivity index (χ1) is 17.6. The molecule has 1 atom stereocenters. The summed E-state index contributed by atoms with van der Waals surface area (Å²) >= 11 is 0. The Morgan fingerprint density at radius 2 is 1.59 bits per heavy atom. The molecule has 0 amide bonds. The Labute approximate surface area is 216 Å². The van der Waals surface area contributed by atoms with Crippen molar-refractivity contribution in [2.45, 2.75) is 64.5 Å². The number of aryl methyl sites for hydroxylation is 1. The minimum absolute atomic E-state index is 0.154. The maximum Gasteiger partial charge on any atom is 0.331 e. The number of esters is 1. The lowest BCUT2D eigenvalue weighted by atomic mass is 9.84. The number of hydrogen-bond donors (Lipinski definition) is 0. The molecule has 1 aliphatic carbocycles. The van der Waals surface area contributed by atoms with Gasteiger partial charge in [-0.15, -0.1) is 0 Å². The van der Waals surface area contributed by atoms with E-state index in [0.29, 0.717) is 23.5 Å². The van der Waals surface area contributed by atoms with Crippen LogP contribution >= 0.6 is 0 Å². The molecule has 0 radical (unpaired) electrons. The number of carbonyl (C=O) groups is 1. The topological polar surface area (TPSA) is 75.2 Å². The van der Waals surface area contributed by atoms with Crippen LogP contribution in [-0.4, -0.2) is 25.3 Å². The van der Waals surface area contributed by atoms with E-state index in [1.807, 2.05) is 73.9 Å². The first kappa shape index (κ1) is 25.1. The van der Waals surface area contributed by atoms with Gasteiger partial charge in [-0.2, -0.15) is 0 Å². The zero-order valence-electron chi connectivity index (χ0n) is 22.3. The van der Waals surface area contributed by atoms with Crippen LogP contribution in [0.2, 0.25) is 0 Å². The Morgan fingerprint density at radius 3 is 2.24 bits per heavy atom. The quantitative estimate of drug-likeness (QED) is 0.366. The molecule has 194 valence electrons. The van der Waals surface area contributed by atoms with Crippen molar-refractivity contribution in [3.63, 3.8) is 0 Å². The van der Waals surface area contributed by atoms with Gasteiger partial charge in [0.1, 0.15) is 11.1 Å². The number of ether oxygens (including phenoxy) is 1. The molecule has 0 N–H and O–H groups in total. The second-order valence-corrected chi connectivity index (χ2v) is 11.3. The Hall–Kier alpha value is -3.61. The lowest BCUT2D eigenvalue weighted by molar-refractivity contribution is -0.158. The van der Waals surface area contributed by atoms with Crippen LogP contribution in [0.1, 0.15) is 63.5 Å². The maximum atomic E-state index is 13.2. The van der Waals surface area contributed by atoms with Gasteiger partial charge in [-0.05, 0) is 56.7 Å². The number of hydrogen-bond acceptors (Lipinski definition) is 4. The summed E-state index contributed by atoms with van der Waals surface area (Å²) in [7, 11) is 3.22. The third kappa shape index (κ3) is 4.52. The summed E-state index contributed by atoms with van der Waals surface area (Å²) in [6.45, 7) is 6.20. The lowest BCUT2D eigenvalue weighted by Gasteiger charge is -2.27. The van der Waals surface area contributed by atoms with E-state index in [1.165, 1.54) is 7.05 Å². The van der Waals surface area contributed by atoms with E-state index in [4.69, 9.17) is 4.74 Å². The second-order valence-electron chi connectivity index (χ2n) is 11.3. The first-order valence-corrected chi connectivity index (χ1v) is 13.1. The highest BCUT2D eigenvalue weighted by Gasteiger charge is 2.35. The van der Waals surface area contributed by atoms with Crippen LogP contribution in [0.4, 0.5) is 0 Å². The van der Waals surface area contributed by atoms with Crippen molar-refractivity contribution >= 4 is 27.9 Å². The van der Waals surface area contributed by atoms with Gasteiger partial charge in [-0.3, -0.25) is 18.7 Å². The van der Waals surface area contributed by atoms with Gasteiger partial charge in [0.05, 0.1) is 17.0 Å². The van der Waals surface area contributed by atoms with E-state index in [-0.39, 0.29) is 23.1 Å². The highest BCUT2D eigenvalue weighted by Crippen LogP contribution is 2.39. The summed E-state index contributed by atoms with van der Waals surface area (Å²) in [6, 6.07) is 15.9. The smallest absolute Gasteiger partial charge is 0.331 e. The molecule has 4 aromatic rings. The highest BCUT2D eigenvalue weighted by atomic mass is 16.6. The minimum Gasteiger partial charge on any atom is -0.459 e. The molecule has 37 heavy (non-hydrogen) atoms. The largest absolute Gasteiger partial charge is 0.459 e. The fraction of sp³-hybridized carbons (Fsp3) is 0.433. The van der Waals surface area contributed by atoms with Gasteiger partial charge in [0.15, 0.2) is 0 Å². The van der Waals surface area contributed by atoms with Gasteiger partial charge in [0.2, 0.25) is 0 Å². The molecule has 5 rings (SSSR count). The van der Waals surface area contributed by atoms with Crippen molar-refractivity contribution < 1.29 is 9.53 Å². The summed E-state index contributed by atoms with van der Waals surface area (Å²) in [4.78, 5) is 39.1. The summed E-state index contributed by atoms with van der Waals surface area (Å²) in [5.74, 6) is -0.132. The molecule has 7 nitrogen and oxygen atoms in total. The number of benzene rings is 2. The van der Waals surface area contributed by atoms with Crippen LogP contribution in [0.25, 0.3) is 21.9 Å². The third-order valence-corrected chi connectivity index (χ3v) is 7.57. The van der Waals surface area contributed by atoms with Gasteiger partial charge < -0.3 is 9.30 Å². The molecular weight excluding hydrogens is 466 g/mol. The minimum atomic E-state index is -0.531. The van der Waals surface area contributed by atoms with Crippen LogP contribution in [-0.2, 0) is 30.2 Å². The van der Waals surface area contributed by atoms with E-state index in [2.05, 4.69) is 0 Å². The van der Waals surface area contributed by atoms with E-state index in [1.54, 1.807) is 11.6 Å². The van der Waals surface area contributed by atoms with E-state index < -0.39 is 5.60 Å². The fourth-order valence-corrected chi connectivity index (χ4v) is 5.84. The van der Waals surface area contributed by atoms with Gasteiger partial charge >= 0.3 is 11.7 Å². The van der Waals surface area contributed by atoms with Crippen molar-refractivity contribution in [2.24, 2.45) is 20.0 Å². The van der Waals surface area contributed by atoms with Crippen molar-refractivity contribution in [3.8, 4) is 0 Å². The Bertz CT molecular complexity index is 1590. The van der Waals surface area contributed by atoms with Crippen LogP contribution in [0.5, 0.6) is 0 Å². The lowest BCUT2D eigenvalue weighted by Crippen LogP contribution is -2.37. The van der Waals surface area contributed by atoms with Crippen LogP contribution in [0.15, 0.2) is 58.1 Å². The molecule has 1 saturated carbocycles. The molecule has 0 bridgehead atoms. The van der Waals surface area contributed by atoms with E-state index >= 15 is 0 Å². The summed E-state index contributed by atoms with van der Waals surface area (Å²) in [6.07, 6.45) is 4.37. The number of para-hydroxylation sites is 1. The summed E-state index contributed by atoms with van der Waals surface area (Å²) < 4.78 is 10.5. The molecule has 7 heteroatoms. The molecule has 0 saturated heterocycles. The average Bonchev–Trinajstić information content (AvgIpc) is 3.48. The molecule has 2 aromatic heterocycles. The molecule has 2 heterocycles. The SMILES string of the molecule is Cn1c(=O)c2c(c3ccccc3n2Cc2ccc(C(C(=O)OC(C)(C)C)C3CCCC3)cc2)n(C)c1=O. The van der Waals surface area contributed by atoms with Crippen molar-refractivity contribution in [3.05, 3.63) is 80.5 Å². The van der Waals surface area contributed by atoms with E-state index in [9.17, 15) is 14.4 Å². The molecule has 0 aliphatic heterocycles. The standard InChI is InChI=1S/C30H35N3O4/c1-30(2,3)37-28(35)24(20-10-6-7-11-20)21-16-14-19(15-17-21)18-33-23-13-9-8-12-22(23)25-26(33)27(34)32(5)29(36)31(25)4/h8-9,12-17,20,24H,6-7,10-11,18H2,1-5H3. The monoisotopic (exact) mass is 501 g/mol. The Balaban J connectivity index is 1.55. The first-order valence-electron chi connectivity index (χ1n) is 13.1.